The van der Waals surface area contributed by atoms with Gasteiger partial charge >= 0.3 is 5.97 Å². The number of ether oxygens (including phenoxy) is 1. The van der Waals surface area contributed by atoms with Gasteiger partial charge in [0.1, 0.15) is 23.7 Å². The molecule has 98 valence electrons. The molecule has 0 radical (unpaired) electrons. The van der Waals surface area contributed by atoms with Crippen molar-refractivity contribution in [1.29, 1.82) is 0 Å². The molecule has 0 saturated heterocycles. The molecule has 0 bridgehead atoms. The number of carboxylic acid groups (broad SMARTS) is 1. The van der Waals surface area contributed by atoms with Gasteiger partial charge in [0, 0.05) is 16.7 Å². The van der Waals surface area contributed by atoms with Gasteiger partial charge in [-0.25, -0.2) is 9.18 Å². The fourth-order valence-corrected chi connectivity index (χ4v) is 1.75. The fraction of sp³-hybridized carbons (Fsp3) is 0.0714. The smallest absolute Gasteiger partial charge is 0.339 e. The van der Waals surface area contributed by atoms with Crippen LogP contribution in [-0.4, -0.2) is 11.1 Å². The first-order valence-corrected chi connectivity index (χ1v) is 5.85. The summed E-state index contributed by atoms with van der Waals surface area (Å²) < 4.78 is 18.5. The summed E-state index contributed by atoms with van der Waals surface area (Å²) in [7, 11) is 0. The van der Waals surface area contributed by atoms with Crippen molar-refractivity contribution in [2.24, 2.45) is 0 Å². The van der Waals surface area contributed by atoms with E-state index in [0.717, 1.165) is 12.1 Å². The van der Waals surface area contributed by atoms with Crippen molar-refractivity contribution in [3.63, 3.8) is 0 Å². The number of rotatable bonds is 4. The summed E-state index contributed by atoms with van der Waals surface area (Å²) in [5.74, 6) is -1.75. The van der Waals surface area contributed by atoms with E-state index in [1.54, 1.807) is 24.3 Å². The molecule has 0 saturated carbocycles. The zero-order valence-electron chi connectivity index (χ0n) is 9.77. The Balaban J connectivity index is 2.22. The highest BCUT2D eigenvalue weighted by Crippen LogP contribution is 2.23. The maximum absolute atomic E-state index is 13.1. The number of hydrogen-bond acceptors (Lipinski definition) is 2. The lowest BCUT2D eigenvalue weighted by Gasteiger charge is -2.10. The Hall–Kier alpha value is -2.07. The minimum absolute atomic E-state index is 0.0209. The van der Waals surface area contributed by atoms with E-state index < -0.39 is 11.8 Å². The van der Waals surface area contributed by atoms with E-state index in [4.69, 9.17) is 21.4 Å². The fourth-order valence-electron chi connectivity index (χ4n) is 1.56. The molecule has 1 N–H and O–H groups in total. The number of carboxylic acids is 1. The van der Waals surface area contributed by atoms with Crippen LogP contribution in [0.4, 0.5) is 4.39 Å². The second-order valence-electron chi connectivity index (χ2n) is 3.83. The van der Waals surface area contributed by atoms with Crippen LogP contribution in [0.5, 0.6) is 5.75 Å². The van der Waals surface area contributed by atoms with Gasteiger partial charge in [-0.2, -0.15) is 0 Å². The van der Waals surface area contributed by atoms with Crippen molar-refractivity contribution < 1.29 is 19.0 Å². The second kappa shape index (κ2) is 5.71. The van der Waals surface area contributed by atoms with Crippen LogP contribution < -0.4 is 4.74 Å². The van der Waals surface area contributed by atoms with Gasteiger partial charge in [-0.15, -0.1) is 0 Å². The molecule has 0 fully saturated rings. The van der Waals surface area contributed by atoms with Gasteiger partial charge in [0.15, 0.2) is 0 Å². The molecule has 0 aliphatic carbocycles. The van der Waals surface area contributed by atoms with Crippen molar-refractivity contribution in [2.75, 3.05) is 0 Å². The van der Waals surface area contributed by atoms with Gasteiger partial charge in [0.05, 0.1) is 0 Å². The molecule has 19 heavy (non-hydrogen) atoms. The molecule has 2 rings (SSSR count). The predicted octanol–water partition coefficient (Wildman–Crippen LogP) is 3.76. The van der Waals surface area contributed by atoms with E-state index in [9.17, 15) is 9.18 Å². The Morgan fingerprint density at radius 2 is 2.00 bits per heavy atom. The number of carbonyl (C=O) groups is 1. The first-order valence-electron chi connectivity index (χ1n) is 5.47. The minimum atomic E-state index is -1.17. The normalized spacial score (nSPS) is 10.2. The van der Waals surface area contributed by atoms with Gasteiger partial charge in [-0.05, 0) is 18.2 Å². The molecule has 2 aromatic rings. The summed E-state index contributed by atoms with van der Waals surface area (Å²) >= 11 is 5.95. The van der Waals surface area contributed by atoms with Crippen LogP contribution in [-0.2, 0) is 6.61 Å². The SMILES string of the molecule is O=C(O)c1ccc(F)cc1OCc1ccccc1Cl. The molecule has 0 heterocycles. The van der Waals surface area contributed by atoms with Crippen molar-refractivity contribution in [3.05, 3.63) is 64.4 Å². The summed E-state index contributed by atoms with van der Waals surface area (Å²) in [5.41, 5.74) is 0.609. The van der Waals surface area contributed by atoms with Crippen molar-refractivity contribution >= 4 is 17.6 Å². The van der Waals surface area contributed by atoms with E-state index in [-0.39, 0.29) is 17.9 Å². The molecule has 0 amide bonds. The number of hydrogen-bond donors (Lipinski definition) is 1. The number of benzene rings is 2. The Labute approximate surface area is 114 Å². The van der Waals surface area contributed by atoms with Gasteiger partial charge in [0.25, 0.3) is 0 Å². The zero-order valence-corrected chi connectivity index (χ0v) is 10.5. The Bertz CT molecular complexity index is 613. The lowest BCUT2D eigenvalue weighted by molar-refractivity contribution is 0.0691. The Morgan fingerprint density at radius 1 is 1.26 bits per heavy atom. The van der Waals surface area contributed by atoms with E-state index in [0.29, 0.717) is 10.6 Å². The summed E-state index contributed by atoms with van der Waals surface area (Å²) in [5, 5.41) is 9.49. The topological polar surface area (TPSA) is 46.5 Å². The Kier molecular flexibility index (Phi) is 4.02. The van der Waals surface area contributed by atoms with Crippen molar-refractivity contribution in [1.82, 2.24) is 0 Å². The maximum Gasteiger partial charge on any atom is 0.339 e. The highest BCUT2D eigenvalue weighted by atomic mass is 35.5. The highest BCUT2D eigenvalue weighted by molar-refractivity contribution is 6.31. The van der Waals surface area contributed by atoms with Gasteiger partial charge in [-0.1, -0.05) is 29.8 Å². The third-order valence-corrected chi connectivity index (χ3v) is 2.88. The van der Waals surface area contributed by atoms with E-state index >= 15 is 0 Å². The lowest BCUT2D eigenvalue weighted by Crippen LogP contribution is -2.04. The molecular weight excluding hydrogens is 271 g/mol. The molecule has 0 aliphatic heterocycles. The van der Waals surface area contributed by atoms with E-state index in [1.165, 1.54) is 6.07 Å². The lowest BCUT2D eigenvalue weighted by atomic mass is 10.2. The molecule has 2 aromatic carbocycles. The predicted molar refractivity (Wildman–Crippen MR) is 69.1 cm³/mol. The third-order valence-electron chi connectivity index (χ3n) is 2.52. The van der Waals surface area contributed by atoms with Gasteiger partial charge in [0.2, 0.25) is 0 Å². The Morgan fingerprint density at radius 3 is 2.68 bits per heavy atom. The summed E-state index contributed by atoms with van der Waals surface area (Å²) in [6, 6.07) is 10.3. The van der Waals surface area contributed by atoms with E-state index in [2.05, 4.69) is 0 Å². The quantitative estimate of drug-likeness (QED) is 0.927. The molecule has 0 atom stereocenters. The second-order valence-corrected chi connectivity index (χ2v) is 4.23. The third kappa shape index (κ3) is 3.23. The summed E-state index contributed by atoms with van der Waals surface area (Å²) in [6.45, 7) is 0.0728. The molecule has 0 aromatic heterocycles. The van der Waals surface area contributed by atoms with Crippen LogP contribution in [0, 0.1) is 5.82 Å². The van der Waals surface area contributed by atoms with Gasteiger partial charge in [-0.3, -0.25) is 0 Å². The van der Waals surface area contributed by atoms with Crippen LogP contribution in [0.3, 0.4) is 0 Å². The molecule has 3 nitrogen and oxygen atoms in total. The highest BCUT2D eigenvalue weighted by Gasteiger charge is 2.12. The van der Waals surface area contributed by atoms with E-state index in [1.807, 2.05) is 0 Å². The van der Waals surface area contributed by atoms with Crippen LogP contribution >= 0.6 is 11.6 Å². The number of halogens is 2. The standard InChI is InChI=1S/C14H10ClFO3/c15-12-4-2-1-3-9(12)8-19-13-7-10(16)5-6-11(13)14(17)18/h1-7H,8H2,(H,17,18). The molecule has 0 unspecified atom stereocenters. The maximum atomic E-state index is 13.1. The number of aromatic carboxylic acids is 1. The summed E-state index contributed by atoms with van der Waals surface area (Å²) in [6.07, 6.45) is 0. The molecule has 0 spiro atoms. The molecular formula is C14H10ClFO3. The van der Waals surface area contributed by atoms with Crippen LogP contribution in [0.15, 0.2) is 42.5 Å². The average Bonchev–Trinajstić information content (AvgIpc) is 2.37. The first kappa shape index (κ1) is 13.4. The minimum Gasteiger partial charge on any atom is -0.488 e. The van der Waals surface area contributed by atoms with Crippen LogP contribution in [0.1, 0.15) is 15.9 Å². The zero-order chi connectivity index (χ0) is 13.8. The first-order chi connectivity index (χ1) is 9.08. The molecule has 0 aliphatic rings. The summed E-state index contributed by atoms with van der Waals surface area (Å²) in [4.78, 5) is 11.0. The van der Waals surface area contributed by atoms with Crippen LogP contribution in [0.25, 0.3) is 0 Å². The van der Waals surface area contributed by atoms with Crippen molar-refractivity contribution in [2.45, 2.75) is 6.61 Å². The van der Waals surface area contributed by atoms with Crippen molar-refractivity contribution in [3.8, 4) is 5.75 Å². The van der Waals surface area contributed by atoms with Gasteiger partial charge < -0.3 is 9.84 Å². The van der Waals surface area contributed by atoms with Crippen LogP contribution in [0.2, 0.25) is 5.02 Å². The average molecular weight is 281 g/mol. The monoisotopic (exact) mass is 280 g/mol. The largest absolute Gasteiger partial charge is 0.488 e. The molecule has 5 heteroatoms.